The van der Waals surface area contributed by atoms with E-state index in [1.165, 1.54) is 18.4 Å². The first-order chi connectivity index (χ1) is 10.1. The largest absolute Gasteiger partial charge is 0.309 e. The topological polar surface area (TPSA) is 23.6 Å². The normalized spacial score (nSPS) is 23.3. The second kappa shape index (κ2) is 6.18. The van der Waals surface area contributed by atoms with Crippen molar-refractivity contribution in [3.8, 4) is 0 Å². The van der Waals surface area contributed by atoms with Crippen molar-refractivity contribution in [3.05, 3.63) is 29.8 Å². The summed E-state index contributed by atoms with van der Waals surface area (Å²) < 4.78 is 0. The third kappa shape index (κ3) is 3.13. The molecule has 0 N–H and O–H groups in total. The average molecular weight is 286 g/mol. The molecule has 0 radical (unpaired) electrons. The average Bonchev–Trinajstić information content (AvgIpc) is 2.82. The van der Waals surface area contributed by atoms with Crippen molar-refractivity contribution in [2.45, 2.75) is 45.6 Å². The highest BCUT2D eigenvalue weighted by molar-refractivity contribution is 5.96. The van der Waals surface area contributed by atoms with Crippen molar-refractivity contribution in [3.63, 3.8) is 0 Å². The number of anilines is 1. The molecule has 3 nitrogen and oxygen atoms in total. The molecule has 1 saturated heterocycles. The summed E-state index contributed by atoms with van der Waals surface area (Å²) >= 11 is 0. The van der Waals surface area contributed by atoms with E-state index >= 15 is 0 Å². The van der Waals surface area contributed by atoms with E-state index in [9.17, 15) is 4.79 Å². The second-order valence-corrected chi connectivity index (χ2v) is 6.72. The molecule has 2 aliphatic heterocycles. The lowest BCUT2D eigenvalue weighted by Crippen LogP contribution is -2.39. The van der Waals surface area contributed by atoms with Gasteiger partial charge in [0.1, 0.15) is 0 Å². The van der Waals surface area contributed by atoms with Gasteiger partial charge in [-0.3, -0.25) is 4.79 Å². The Labute approximate surface area is 127 Å². The lowest BCUT2D eigenvalue weighted by atomic mass is 9.99. The number of carbonyl (C=O) groups is 1. The number of piperidine rings is 1. The molecule has 1 atom stereocenters. The molecular weight excluding hydrogens is 260 g/mol. The van der Waals surface area contributed by atoms with E-state index in [-0.39, 0.29) is 5.91 Å². The summed E-state index contributed by atoms with van der Waals surface area (Å²) in [5, 5.41) is 0. The van der Waals surface area contributed by atoms with Gasteiger partial charge in [0.15, 0.2) is 0 Å². The Morgan fingerprint density at radius 3 is 2.67 bits per heavy atom. The van der Waals surface area contributed by atoms with Crippen LogP contribution < -0.4 is 4.90 Å². The molecule has 1 unspecified atom stereocenters. The van der Waals surface area contributed by atoms with Crippen LogP contribution in [0.25, 0.3) is 0 Å². The summed E-state index contributed by atoms with van der Waals surface area (Å²) in [7, 11) is 0. The monoisotopic (exact) mass is 286 g/mol. The minimum absolute atomic E-state index is 0.283. The van der Waals surface area contributed by atoms with E-state index < -0.39 is 0 Å². The molecule has 0 aromatic heterocycles. The summed E-state index contributed by atoms with van der Waals surface area (Å²) in [6.07, 6.45) is 4.18. The third-order valence-electron chi connectivity index (χ3n) is 4.99. The standard InChI is InChI=1S/C18H26N2O/c1-14-7-10-19(11-8-14)12-9-18(21)20-15(2)13-16-5-3-4-6-17(16)20/h3-6,14-15H,7-13H2,1-2H3. The molecule has 1 aromatic carbocycles. The number of carbonyl (C=O) groups excluding carboxylic acids is 1. The first-order valence-corrected chi connectivity index (χ1v) is 8.27. The van der Waals surface area contributed by atoms with Crippen molar-refractivity contribution in [2.24, 2.45) is 5.92 Å². The number of hydrogen-bond donors (Lipinski definition) is 0. The first kappa shape index (κ1) is 14.6. The van der Waals surface area contributed by atoms with Gasteiger partial charge in [-0.2, -0.15) is 0 Å². The number of hydrogen-bond acceptors (Lipinski definition) is 2. The van der Waals surface area contributed by atoms with E-state index in [1.54, 1.807) is 0 Å². The third-order valence-corrected chi connectivity index (χ3v) is 4.99. The van der Waals surface area contributed by atoms with E-state index in [2.05, 4.69) is 36.9 Å². The van der Waals surface area contributed by atoms with Crippen LogP contribution in [0.2, 0.25) is 0 Å². The number of benzene rings is 1. The summed E-state index contributed by atoms with van der Waals surface area (Å²) in [5.74, 6) is 1.13. The lowest BCUT2D eigenvalue weighted by molar-refractivity contribution is -0.119. The van der Waals surface area contributed by atoms with Crippen LogP contribution in [0.15, 0.2) is 24.3 Å². The highest BCUT2D eigenvalue weighted by Crippen LogP contribution is 2.32. The van der Waals surface area contributed by atoms with Crippen LogP contribution in [0, 0.1) is 5.92 Å². The van der Waals surface area contributed by atoms with Gasteiger partial charge in [0.2, 0.25) is 5.91 Å². The predicted octanol–water partition coefficient (Wildman–Crippen LogP) is 3.09. The molecule has 1 aromatic rings. The van der Waals surface area contributed by atoms with E-state index in [0.717, 1.165) is 37.7 Å². The van der Waals surface area contributed by atoms with Crippen molar-refractivity contribution in [2.75, 3.05) is 24.5 Å². The zero-order valence-electron chi connectivity index (χ0n) is 13.2. The summed E-state index contributed by atoms with van der Waals surface area (Å²) in [5.41, 5.74) is 2.44. The molecular formula is C18H26N2O. The summed E-state index contributed by atoms with van der Waals surface area (Å²) in [6.45, 7) is 7.70. The maximum Gasteiger partial charge on any atom is 0.228 e. The van der Waals surface area contributed by atoms with Gasteiger partial charge in [0, 0.05) is 24.7 Å². The van der Waals surface area contributed by atoms with Crippen LogP contribution in [-0.2, 0) is 11.2 Å². The fraction of sp³-hybridized carbons (Fsp3) is 0.611. The fourth-order valence-corrected chi connectivity index (χ4v) is 3.61. The van der Waals surface area contributed by atoms with E-state index in [4.69, 9.17) is 0 Å². The Hall–Kier alpha value is -1.35. The van der Waals surface area contributed by atoms with Gasteiger partial charge in [0.25, 0.3) is 0 Å². The van der Waals surface area contributed by atoms with E-state index in [0.29, 0.717) is 12.5 Å². The van der Waals surface area contributed by atoms with Crippen LogP contribution >= 0.6 is 0 Å². The Morgan fingerprint density at radius 2 is 1.90 bits per heavy atom. The molecule has 114 valence electrons. The number of rotatable bonds is 3. The highest BCUT2D eigenvalue weighted by Gasteiger charge is 2.30. The molecule has 2 heterocycles. The zero-order chi connectivity index (χ0) is 14.8. The van der Waals surface area contributed by atoms with Gasteiger partial charge in [-0.05, 0) is 56.8 Å². The van der Waals surface area contributed by atoms with E-state index in [1.807, 2.05) is 11.0 Å². The van der Waals surface area contributed by atoms with Crippen LogP contribution in [-0.4, -0.2) is 36.5 Å². The Balaban J connectivity index is 1.58. The van der Waals surface area contributed by atoms with Crippen LogP contribution in [0.5, 0.6) is 0 Å². The van der Waals surface area contributed by atoms with Gasteiger partial charge in [-0.25, -0.2) is 0 Å². The van der Waals surface area contributed by atoms with Gasteiger partial charge in [-0.15, -0.1) is 0 Å². The smallest absolute Gasteiger partial charge is 0.228 e. The molecule has 1 fully saturated rings. The summed E-state index contributed by atoms with van der Waals surface area (Å²) in [6, 6.07) is 8.62. The summed E-state index contributed by atoms with van der Waals surface area (Å²) in [4.78, 5) is 17.1. The van der Waals surface area contributed by atoms with Gasteiger partial charge in [-0.1, -0.05) is 25.1 Å². The van der Waals surface area contributed by atoms with Crippen molar-refractivity contribution in [1.29, 1.82) is 0 Å². The number of nitrogens with zero attached hydrogens (tertiary/aromatic N) is 2. The minimum Gasteiger partial charge on any atom is -0.309 e. The molecule has 21 heavy (non-hydrogen) atoms. The van der Waals surface area contributed by atoms with Crippen LogP contribution in [0.3, 0.4) is 0 Å². The Kier molecular flexibility index (Phi) is 4.29. The highest BCUT2D eigenvalue weighted by atomic mass is 16.2. The number of para-hydroxylation sites is 1. The Bertz CT molecular complexity index is 506. The van der Waals surface area contributed by atoms with Crippen LogP contribution in [0.4, 0.5) is 5.69 Å². The Morgan fingerprint density at radius 1 is 1.19 bits per heavy atom. The number of likely N-dealkylation sites (tertiary alicyclic amines) is 1. The molecule has 3 rings (SSSR count). The number of fused-ring (bicyclic) bond motifs is 1. The molecule has 0 saturated carbocycles. The maximum atomic E-state index is 12.6. The van der Waals surface area contributed by atoms with Crippen molar-refractivity contribution < 1.29 is 4.79 Å². The minimum atomic E-state index is 0.283. The van der Waals surface area contributed by atoms with Crippen LogP contribution in [0.1, 0.15) is 38.7 Å². The van der Waals surface area contributed by atoms with Gasteiger partial charge < -0.3 is 9.80 Å². The molecule has 0 bridgehead atoms. The van der Waals surface area contributed by atoms with Gasteiger partial charge >= 0.3 is 0 Å². The van der Waals surface area contributed by atoms with Gasteiger partial charge in [0.05, 0.1) is 0 Å². The van der Waals surface area contributed by atoms with Crippen molar-refractivity contribution in [1.82, 2.24) is 4.90 Å². The van der Waals surface area contributed by atoms with Crippen molar-refractivity contribution >= 4 is 11.6 Å². The molecule has 1 amide bonds. The quantitative estimate of drug-likeness (QED) is 0.852. The number of amides is 1. The molecule has 2 aliphatic rings. The molecule has 3 heteroatoms. The lowest BCUT2D eigenvalue weighted by Gasteiger charge is -2.31. The first-order valence-electron chi connectivity index (χ1n) is 8.27. The predicted molar refractivity (Wildman–Crippen MR) is 86.5 cm³/mol. The zero-order valence-corrected chi connectivity index (χ0v) is 13.2. The maximum absolute atomic E-state index is 12.6. The fourth-order valence-electron chi connectivity index (χ4n) is 3.61. The molecule has 0 aliphatic carbocycles. The second-order valence-electron chi connectivity index (χ2n) is 6.72. The SMILES string of the molecule is CC1CCN(CCC(=O)N2c3ccccc3CC2C)CC1. The molecule has 0 spiro atoms.